The van der Waals surface area contributed by atoms with E-state index in [-0.39, 0.29) is 11.8 Å². The number of hydrogen-bond acceptors (Lipinski definition) is 4. The van der Waals surface area contributed by atoms with E-state index in [9.17, 15) is 9.59 Å². The summed E-state index contributed by atoms with van der Waals surface area (Å²) in [6, 6.07) is 28.6. The topological polar surface area (TPSA) is 82.9 Å². The van der Waals surface area contributed by atoms with Gasteiger partial charge < -0.3 is 0 Å². The minimum absolute atomic E-state index is 0.0959. The van der Waals surface area contributed by atoms with E-state index in [1.165, 1.54) is 10.8 Å². The monoisotopic (exact) mass is 506 g/mol. The molecule has 4 aromatic carbocycles. The summed E-state index contributed by atoms with van der Waals surface area (Å²) in [5.74, 6) is -0.192. The predicted molar refractivity (Wildman–Crippen MR) is 156 cm³/mol. The Morgan fingerprint density at radius 2 is 0.947 bits per heavy atom. The third kappa shape index (κ3) is 7.59. The Balaban J connectivity index is 1.11. The lowest BCUT2D eigenvalue weighted by Gasteiger charge is -2.06. The lowest BCUT2D eigenvalue weighted by Crippen LogP contribution is -2.19. The average Bonchev–Trinajstić information content (AvgIpc) is 2.95. The number of carbonyl (C=O) groups excluding carboxylic acids is 2. The molecule has 0 aliphatic carbocycles. The van der Waals surface area contributed by atoms with Crippen LogP contribution in [-0.4, -0.2) is 23.2 Å². The second kappa shape index (κ2) is 13.3. The van der Waals surface area contributed by atoms with Crippen LogP contribution in [0.2, 0.25) is 0 Å². The second-order valence-corrected chi connectivity index (χ2v) is 9.50. The van der Waals surface area contributed by atoms with Gasteiger partial charge in [-0.2, -0.15) is 10.2 Å². The van der Waals surface area contributed by atoms with Gasteiger partial charge in [0.05, 0.1) is 11.4 Å². The molecule has 0 aromatic heterocycles. The first kappa shape index (κ1) is 26.7. The number of amides is 2. The van der Waals surface area contributed by atoms with Crippen LogP contribution >= 0.6 is 0 Å². The Bertz CT molecular complexity index is 1380. The molecule has 2 N–H and O–H groups in total. The van der Waals surface area contributed by atoms with E-state index in [4.69, 9.17) is 0 Å². The molecule has 4 rings (SSSR count). The summed E-state index contributed by atoms with van der Waals surface area (Å²) >= 11 is 0. The Labute approximate surface area is 223 Å². The number of hydrogen-bond donors (Lipinski definition) is 2. The molecule has 6 heteroatoms. The molecule has 38 heavy (non-hydrogen) atoms. The van der Waals surface area contributed by atoms with Gasteiger partial charge in [-0.15, -0.1) is 0 Å². The highest BCUT2D eigenvalue weighted by Gasteiger charge is 2.05. The molecule has 0 aliphatic heterocycles. The van der Waals surface area contributed by atoms with Crippen molar-refractivity contribution in [3.05, 3.63) is 96.1 Å². The van der Waals surface area contributed by atoms with E-state index >= 15 is 0 Å². The zero-order chi connectivity index (χ0) is 26.7. The molecule has 2 amide bonds. The van der Waals surface area contributed by atoms with Crippen LogP contribution in [0.25, 0.3) is 21.5 Å². The van der Waals surface area contributed by atoms with Gasteiger partial charge in [-0.3, -0.25) is 9.59 Å². The van der Waals surface area contributed by atoms with E-state index in [2.05, 4.69) is 69.6 Å². The zero-order valence-electron chi connectivity index (χ0n) is 22.0. The van der Waals surface area contributed by atoms with Crippen molar-refractivity contribution in [3.63, 3.8) is 0 Å². The summed E-state index contributed by atoms with van der Waals surface area (Å²) in [6.07, 6.45) is 4.11. The van der Waals surface area contributed by atoms with E-state index in [1.807, 2.05) is 50.2 Å². The molecule has 0 bridgehead atoms. The maximum absolute atomic E-state index is 12.2. The highest BCUT2D eigenvalue weighted by atomic mass is 16.2. The molecular weight excluding hydrogens is 472 g/mol. The summed E-state index contributed by atoms with van der Waals surface area (Å²) in [5.41, 5.74) is 8.83. The lowest BCUT2D eigenvalue weighted by atomic mass is 10.0. The van der Waals surface area contributed by atoms with Crippen LogP contribution in [0.3, 0.4) is 0 Å². The number of nitrogens with one attached hydrogen (secondary N) is 2. The minimum atomic E-state index is -0.0959. The SMILES string of the molecule is C/C(=N\NC(=O)CCCCCCC(=O)N/N=C(\C)c1ccc2ccccc2c1)c1ccc2ccccc2c1. The zero-order valence-corrected chi connectivity index (χ0v) is 22.0. The van der Waals surface area contributed by atoms with Gasteiger partial charge in [-0.1, -0.05) is 85.6 Å². The number of unbranched alkanes of at least 4 members (excludes halogenated alkanes) is 3. The van der Waals surface area contributed by atoms with E-state index in [0.29, 0.717) is 12.8 Å². The molecule has 4 aromatic rings. The predicted octanol–water partition coefficient (Wildman–Crippen LogP) is 6.71. The first-order valence-corrected chi connectivity index (χ1v) is 13.1. The van der Waals surface area contributed by atoms with Gasteiger partial charge >= 0.3 is 0 Å². The molecule has 0 atom stereocenters. The Kier molecular flexibility index (Phi) is 9.35. The highest BCUT2D eigenvalue weighted by molar-refractivity contribution is 6.03. The second-order valence-electron chi connectivity index (χ2n) is 9.50. The molecular formula is C32H34N4O2. The van der Waals surface area contributed by atoms with Crippen molar-refractivity contribution < 1.29 is 9.59 Å². The van der Waals surface area contributed by atoms with Crippen molar-refractivity contribution in [2.24, 2.45) is 10.2 Å². The Morgan fingerprint density at radius 3 is 1.37 bits per heavy atom. The Hall–Kier alpha value is -4.32. The summed E-state index contributed by atoms with van der Waals surface area (Å²) in [4.78, 5) is 24.3. The first-order chi connectivity index (χ1) is 18.5. The van der Waals surface area contributed by atoms with Crippen LogP contribution in [0.5, 0.6) is 0 Å². The van der Waals surface area contributed by atoms with Gasteiger partial charge in [-0.05, 0) is 71.5 Å². The fraction of sp³-hybridized carbons (Fsp3) is 0.250. The van der Waals surface area contributed by atoms with Crippen LogP contribution in [0.1, 0.15) is 63.5 Å². The van der Waals surface area contributed by atoms with Gasteiger partial charge in [0, 0.05) is 12.8 Å². The standard InChI is InChI=1S/C32H34N4O2/c1-23(27-19-17-25-11-7-9-13-29(25)21-27)33-35-31(37)15-5-3-4-6-16-32(38)36-34-24(2)28-20-18-26-12-8-10-14-30(26)22-28/h7-14,17-22H,3-6,15-16H2,1-2H3,(H,35,37)(H,36,38)/b33-23+,34-24+. The van der Waals surface area contributed by atoms with Gasteiger partial charge in [0.1, 0.15) is 0 Å². The molecule has 0 radical (unpaired) electrons. The maximum Gasteiger partial charge on any atom is 0.240 e. The van der Waals surface area contributed by atoms with Gasteiger partial charge in [-0.25, -0.2) is 10.9 Å². The van der Waals surface area contributed by atoms with E-state index in [0.717, 1.165) is 59.0 Å². The van der Waals surface area contributed by atoms with Crippen molar-refractivity contribution in [1.82, 2.24) is 10.9 Å². The summed E-state index contributed by atoms with van der Waals surface area (Å²) in [5, 5.41) is 13.2. The minimum Gasteiger partial charge on any atom is -0.273 e. The summed E-state index contributed by atoms with van der Waals surface area (Å²) in [6.45, 7) is 3.78. The molecule has 0 saturated carbocycles. The number of rotatable bonds is 11. The fourth-order valence-corrected chi connectivity index (χ4v) is 4.29. The average molecular weight is 507 g/mol. The van der Waals surface area contributed by atoms with E-state index < -0.39 is 0 Å². The van der Waals surface area contributed by atoms with Crippen molar-refractivity contribution in [2.75, 3.05) is 0 Å². The van der Waals surface area contributed by atoms with Crippen molar-refractivity contribution in [3.8, 4) is 0 Å². The largest absolute Gasteiger partial charge is 0.273 e. The number of hydrazone groups is 2. The summed E-state index contributed by atoms with van der Waals surface area (Å²) < 4.78 is 0. The normalized spacial score (nSPS) is 12.1. The summed E-state index contributed by atoms with van der Waals surface area (Å²) in [7, 11) is 0. The third-order valence-electron chi connectivity index (χ3n) is 6.59. The smallest absolute Gasteiger partial charge is 0.240 e. The molecule has 0 heterocycles. The molecule has 0 spiro atoms. The first-order valence-electron chi connectivity index (χ1n) is 13.1. The van der Waals surface area contributed by atoms with Crippen molar-refractivity contribution in [1.29, 1.82) is 0 Å². The molecule has 0 saturated heterocycles. The Morgan fingerprint density at radius 1 is 0.553 bits per heavy atom. The van der Waals surface area contributed by atoms with Crippen LogP contribution < -0.4 is 10.9 Å². The molecule has 0 aliphatic rings. The molecule has 0 fully saturated rings. The number of fused-ring (bicyclic) bond motifs is 2. The van der Waals surface area contributed by atoms with Crippen LogP contribution in [-0.2, 0) is 9.59 Å². The quantitative estimate of drug-likeness (QED) is 0.135. The number of carbonyl (C=O) groups is 2. The molecule has 6 nitrogen and oxygen atoms in total. The van der Waals surface area contributed by atoms with Gasteiger partial charge in [0.15, 0.2) is 0 Å². The van der Waals surface area contributed by atoms with Crippen LogP contribution in [0.15, 0.2) is 95.1 Å². The fourth-order valence-electron chi connectivity index (χ4n) is 4.29. The number of benzene rings is 4. The van der Waals surface area contributed by atoms with Crippen molar-refractivity contribution in [2.45, 2.75) is 52.4 Å². The molecule has 194 valence electrons. The van der Waals surface area contributed by atoms with E-state index in [1.54, 1.807) is 0 Å². The maximum atomic E-state index is 12.2. The van der Waals surface area contributed by atoms with Crippen molar-refractivity contribution >= 4 is 44.8 Å². The number of nitrogens with zero attached hydrogens (tertiary/aromatic N) is 2. The van der Waals surface area contributed by atoms with Crippen LogP contribution in [0, 0.1) is 0 Å². The third-order valence-corrected chi connectivity index (χ3v) is 6.59. The lowest BCUT2D eigenvalue weighted by molar-refractivity contribution is -0.122. The van der Waals surface area contributed by atoms with Crippen LogP contribution in [0.4, 0.5) is 0 Å². The highest BCUT2D eigenvalue weighted by Crippen LogP contribution is 2.17. The van der Waals surface area contributed by atoms with Gasteiger partial charge in [0.2, 0.25) is 11.8 Å². The molecule has 0 unspecified atom stereocenters. The van der Waals surface area contributed by atoms with Gasteiger partial charge in [0.25, 0.3) is 0 Å².